The summed E-state index contributed by atoms with van der Waals surface area (Å²) in [5.74, 6) is 0.358. The Bertz CT molecular complexity index is 633. The molecule has 1 N–H and O–H groups in total. The van der Waals surface area contributed by atoms with Gasteiger partial charge in [0.2, 0.25) is 0 Å². The van der Waals surface area contributed by atoms with Crippen LogP contribution in [0.3, 0.4) is 0 Å². The van der Waals surface area contributed by atoms with E-state index in [1.54, 1.807) is 0 Å². The zero-order chi connectivity index (χ0) is 12.7. The van der Waals surface area contributed by atoms with Crippen LogP contribution >= 0.6 is 0 Å². The lowest BCUT2D eigenvalue weighted by Gasteiger charge is -2.00. The summed E-state index contributed by atoms with van der Waals surface area (Å²) in [7, 11) is 0. The van der Waals surface area contributed by atoms with Crippen molar-refractivity contribution in [3.8, 4) is 17.2 Å². The molecule has 0 saturated heterocycles. The van der Waals surface area contributed by atoms with Gasteiger partial charge in [-0.25, -0.2) is 0 Å². The molecule has 1 aliphatic rings. The third kappa shape index (κ3) is 1.66. The maximum Gasteiger partial charge on any atom is 0.356 e. The van der Waals surface area contributed by atoms with Gasteiger partial charge in [0.15, 0.2) is 11.5 Å². The lowest BCUT2D eigenvalue weighted by molar-refractivity contribution is -0.385. The monoisotopic (exact) mass is 243 g/mol. The average molecular weight is 243 g/mol. The molecule has 0 amide bonds. The number of fused-ring (bicyclic) bond motifs is 1. The van der Waals surface area contributed by atoms with E-state index in [-0.39, 0.29) is 17.2 Å². The molecule has 1 heterocycles. The molecule has 2 aromatic rings. The molecule has 0 unspecified atom stereocenters. The number of ether oxygens (including phenoxy) is 1. The highest BCUT2D eigenvalue weighted by Gasteiger charge is 2.38. The predicted molar refractivity (Wildman–Crippen MR) is 64.1 cm³/mol. The number of benzene rings is 2. The molecule has 18 heavy (non-hydrogen) atoms. The first-order valence-electron chi connectivity index (χ1n) is 5.42. The van der Waals surface area contributed by atoms with Gasteiger partial charge in [-0.15, -0.1) is 0 Å². The van der Waals surface area contributed by atoms with Gasteiger partial charge in [-0.05, 0) is 11.6 Å². The number of hydrogen-bond donors (Lipinski definition) is 1. The summed E-state index contributed by atoms with van der Waals surface area (Å²) in [6.07, 6.45) is 0.578. The minimum atomic E-state index is -0.631. The average Bonchev–Trinajstić information content (AvgIpc) is 3.09. The van der Waals surface area contributed by atoms with E-state index in [0.29, 0.717) is 12.2 Å². The molecule has 0 saturated carbocycles. The van der Waals surface area contributed by atoms with E-state index in [2.05, 4.69) is 0 Å². The van der Waals surface area contributed by atoms with Crippen molar-refractivity contribution < 1.29 is 14.8 Å². The van der Waals surface area contributed by atoms with E-state index in [4.69, 9.17) is 4.74 Å². The summed E-state index contributed by atoms with van der Waals surface area (Å²) in [5, 5.41) is 20.3. The van der Waals surface area contributed by atoms with Crippen LogP contribution in [-0.4, -0.2) is 10.0 Å². The highest BCUT2D eigenvalue weighted by atomic mass is 16.6. The van der Waals surface area contributed by atoms with Crippen molar-refractivity contribution in [2.75, 3.05) is 0 Å². The van der Waals surface area contributed by atoms with Gasteiger partial charge in [-0.1, -0.05) is 30.3 Å². The van der Waals surface area contributed by atoms with Crippen LogP contribution in [0.5, 0.6) is 17.2 Å². The summed E-state index contributed by atoms with van der Waals surface area (Å²) >= 11 is 0. The molecule has 0 fully saturated rings. The quantitative estimate of drug-likeness (QED) is 0.436. The number of nitro groups is 1. The molecule has 3 rings (SSSR count). The first-order valence-corrected chi connectivity index (χ1v) is 5.42. The number of phenolic OH excluding ortho intramolecular Hbond substituents is 1. The molecule has 0 atom stereocenters. The van der Waals surface area contributed by atoms with Crippen LogP contribution in [0.4, 0.5) is 5.69 Å². The molecule has 1 aliphatic heterocycles. The lowest BCUT2D eigenvalue weighted by Crippen LogP contribution is -1.88. The number of phenols is 1. The Balaban J connectivity index is 1.97. The zero-order valence-electron chi connectivity index (χ0n) is 9.29. The Labute approximate surface area is 102 Å². The molecular weight excluding hydrogens is 234 g/mol. The smallest absolute Gasteiger partial charge is 0.356 e. The Kier molecular flexibility index (Phi) is 2.19. The molecule has 0 radical (unpaired) electrons. The zero-order valence-corrected chi connectivity index (χ0v) is 9.29. The van der Waals surface area contributed by atoms with E-state index >= 15 is 0 Å². The van der Waals surface area contributed by atoms with Crippen molar-refractivity contribution >= 4 is 5.69 Å². The van der Waals surface area contributed by atoms with Gasteiger partial charge in [0.05, 0.1) is 4.92 Å². The number of aromatic hydroxyl groups is 1. The summed E-state index contributed by atoms with van der Waals surface area (Å²) in [5.41, 5.74) is 1.48. The van der Waals surface area contributed by atoms with Crippen LogP contribution in [-0.2, 0) is 6.42 Å². The second-order valence-corrected chi connectivity index (χ2v) is 4.08. The number of nitrogens with zero attached hydrogens (tertiary/aromatic N) is 1. The summed E-state index contributed by atoms with van der Waals surface area (Å²) in [6, 6.07) is 11.1. The van der Waals surface area contributed by atoms with Crippen molar-refractivity contribution in [3.63, 3.8) is 0 Å². The normalized spacial score (nSPS) is 11.6. The third-order valence-corrected chi connectivity index (χ3v) is 2.85. The fraction of sp³-hybridized carbons (Fsp3) is 0.0769. The fourth-order valence-electron chi connectivity index (χ4n) is 1.98. The second-order valence-electron chi connectivity index (χ2n) is 4.08. The maximum atomic E-state index is 10.7. The molecule has 5 nitrogen and oxygen atoms in total. The minimum Gasteiger partial charge on any atom is -0.502 e. The van der Waals surface area contributed by atoms with E-state index in [0.717, 1.165) is 11.1 Å². The van der Waals surface area contributed by atoms with Crippen molar-refractivity contribution in [1.29, 1.82) is 0 Å². The van der Waals surface area contributed by atoms with Gasteiger partial charge in [-0.3, -0.25) is 10.1 Å². The van der Waals surface area contributed by atoms with Crippen LogP contribution in [0.25, 0.3) is 0 Å². The molecule has 0 aliphatic carbocycles. The Hall–Kier alpha value is -2.56. The standard InChI is InChI=1S/C13H9NO4/c15-10-7-9(6-8-4-2-1-3-5-8)12-13(18-12)11(10)14(16)17/h1-5,7,15H,6H2. The number of nitro benzene ring substituents is 1. The lowest BCUT2D eigenvalue weighted by atomic mass is 10.0. The first kappa shape index (κ1) is 10.6. The highest BCUT2D eigenvalue weighted by Crippen LogP contribution is 2.58. The van der Waals surface area contributed by atoms with Crippen LogP contribution < -0.4 is 4.74 Å². The summed E-state index contributed by atoms with van der Waals surface area (Å²) in [4.78, 5) is 10.1. The number of rotatable bonds is 3. The molecule has 2 aromatic carbocycles. The van der Waals surface area contributed by atoms with Crippen LogP contribution in [0, 0.1) is 10.1 Å². The topological polar surface area (TPSA) is 75.9 Å². The maximum absolute atomic E-state index is 10.7. The van der Waals surface area contributed by atoms with Gasteiger partial charge in [0, 0.05) is 12.0 Å². The SMILES string of the molecule is O=[N+]([O-])c1c(O)cc(Cc2ccccc2)c2c1O2. The predicted octanol–water partition coefficient (Wildman–Crippen LogP) is 3.00. The first-order chi connectivity index (χ1) is 8.66. The molecular formula is C13H9NO4. The van der Waals surface area contributed by atoms with Gasteiger partial charge in [-0.2, -0.15) is 0 Å². The molecule has 5 heteroatoms. The Morgan fingerprint density at radius 3 is 2.61 bits per heavy atom. The van der Waals surface area contributed by atoms with Crippen LogP contribution in [0.2, 0.25) is 0 Å². The van der Waals surface area contributed by atoms with Crippen molar-refractivity contribution in [2.24, 2.45) is 0 Å². The van der Waals surface area contributed by atoms with Crippen LogP contribution in [0.15, 0.2) is 36.4 Å². The van der Waals surface area contributed by atoms with E-state index < -0.39 is 4.92 Å². The van der Waals surface area contributed by atoms with Gasteiger partial charge in [0.25, 0.3) is 5.75 Å². The Morgan fingerprint density at radius 2 is 1.94 bits per heavy atom. The van der Waals surface area contributed by atoms with Gasteiger partial charge >= 0.3 is 5.69 Å². The second kappa shape index (κ2) is 3.73. The molecule has 90 valence electrons. The number of hydrogen-bond acceptors (Lipinski definition) is 4. The van der Waals surface area contributed by atoms with E-state index in [9.17, 15) is 15.2 Å². The minimum absolute atomic E-state index is 0.186. The van der Waals surface area contributed by atoms with Crippen LogP contribution in [0.1, 0.15) is 11.1 Å². The summed E-state index contributed by atoms with van der Waals surface area (Å²) < 4.78 is 5.11. The van der Waals surface area contributed by atoms with Crippen molar-refractivity contribution in [2.45, 2.75) is 6.42 Å². The highest BCUT2D eigenvalue weighted by molar-refractivity contribution is 5.75. The molecule has 0 bridgehead atoms. The van der Waals surface area contributed by atoms with E-state index in [1.165, 1.54) is 6.07 Å². The summed E-state index contributed by atoms with van der Waals surface area (Å²) in [6.45, 7) is 0. The van der Waals surface area contributed by atoms with Gasteiger partial charge in [0.1, 0.15) is 0 Å². The van der Waals surface area contributed by atoms with E-state index in [1.807, 2.05) is 30.3 Å². The van der Waals surface area contributed by atoms with Gasteiger partial charge < -0.3 is 9.84 Å². The molecule has 0 spiro atoms. The fourth-order valence-corrected chi connectivity index (χ4v) is 1.98. The third-order valence-electron chi connectivity index (χ3n) is 2.85. The Morgan fingerprint density at radius 1 is 1.22 bits per heavy atom. The largest absolute Gasteiger partial charge is 0.502 e. The van der Waals surface area contributed by atoms with Crippen molar-refractivity contribution in [3.05, 3.63) is 57.6 Å². The molecule has 0 aromatic heterocycles. The van der Waals surface area contributed by atoms with Crippen molar-refractivity contribution in [1.82, 2.24) is 0 Å².